The summed E-state index contributed by atoms with van der Waals surface area (Å²) in [7, 11) is 1.91. The number of unbranched alkanes of at least 4 members (excludes halogenated alkanes) is 8. The van der Waals surface area contributed by atoms with E-state index in [1.165, 1.54) is 81.8 Å². The van der Waals surface area contributed by atoms with Crippen molar-refractivity contribution in [1.29, 1.82) is 0 Å². The van der Waals surface area contributed by atoms with Crippen LogP contribution in [0.4, 0.5) is 0 Å². The van der Waals surface area contributed by atoms with Crippen LogP contribution in [0.5, 0.6) is 5.75 Å². The Morgan fingerprint density at radius 3 is 2.34 bits per heavy atom. The molecule has 1 aromatic rings. The number of nitrogens with zero attached hydrogens (tertiary/aromatic N) is 1. The van der Waals surface area contributed by atoms with Gasteiger partial charge in [0.15, 0.2) is 0 Å². The van der Waals surface area contributed by atoms with Crippen molar-refractivity contribution in [2.45, 2.75) is 142 Å². The van der Waals surface area contributed by atoms with E-state index in [1.807, 2.05) is 24.1 Å². The second-order valence-corrected chi connectivity index (χ2v) is 13.6. The highest BCUT2D eigenvalue weighted by atomic mass is 16.3. The summed E-state index contributed by atoms with van der Waals surface area (Å²) in [5.74, 6) is 3.28. The molecule has 2 N–H and O–H groups in total. The van der Waals surface area contributed by atoms with E-state index in [-0.39, 0.29) is 17.4 Å². The molecule has 0 saturated heterocycles. The Morgan fingerprint density at radius 2 is 1.66 bits per heavy atom. The van der Waals surface area contributed by atoms with Crippen LogP contribution in [0.2, 0.25) is 0 Å². The molecule has 0 heterocycles. The molecule has 3 aliphatic carbocycles. The smallest absolute Gasteiger partial charge is 0.222 e. The molecule has 0 spiro atoms. The summed E-state index contributed by atoms with van der Waals surface area (Å²) in [5.41, 5.74) is 2.97. The molecule has 0 bridgehead atoms. The molecule has 38 heavy (non-hydrogen) atoms. The van der Waals surface area contributed by atoms with Gasteiger partial charge in [0.1, 0.15) is 5.75 Å². The average Bonchev–Trinajstić information content (AvgIpc) is 3.19. The Labute approximate surface area is 232 Å². The number of hydrogen-bond acceptors (Lipinski definition) is 3. The zero-order chi connectivity index (χ0) is 27.3. The largest absolute Gasteiger partial charge is 0.508 e. The maximum Gasteiger partial charge on any atom is 0.222 e. The quantitative estimate of drug-likeness (QED) is 0.257. The van der Waals surface area contributed by atoms with E-state index >= 15 is 0 Å². The van der Waals surface area contributed by atoms with Crippen molar-refractivity contribution in [2.24, 2.45) is 23.2 Å². The average molecular weight is 526 g/mol. The molecule has 6 atom stereocenters. The van der Waals surface area contributed by atoms with Crippen molar-refractivity contribution in [3.8, 4) is 5.75 Å². The molecule has 2 saturated carbocycles. The second kappa shape index (κ2) is 13.2. The minimum atomic E-state index is -0.133. The molecule has 3 aliphatic rings. The van der Waals surface area contributed by atoms with E-state index in [0.717, 1.165) is 25.7 Å². The SMILES string of the molecule is CC(C)N(C)C(=O)CCCCCCCCCCC[C@H]1C[C@]2(C)[C@@H](O)CC[C@H]2[C@@H]2CCc3cc(O)ccc3[C@@H]12. The Morgan fingerprint density at radius 1 is 1.00 bits per heavy atom. The number of aliphatic hydroxyl groups excluding tert-OH is 1. The Hall–Kier alpha value is -1.55. The highest BCUT2D eigenvalue weighted by Crippen LogP contribution is 2.63. The molecule has 0 aromatic heterocycles. The van der Waals surface area contributed by atoms with E-state index in [9.17, 15) is 15.0 Å². The molecular formula is C34H55NO3. The van der Waals surface area contributed by atoms with Crippen LogP contribution in [0, 0.1) is 23.2 Å². The zero-order valence-corrected chi connectivity index (χ0v) is 24.8. The molecule has 0 unspecified atom stereocenters. The van der Waals surface area contributed by atoms with Crippen molar-refractivity contribution in [3.05, 3.63) is 29.3 Å². The van der Waals surface area contributed by atoms with E-state index in [4.69, 9.17) is 0 Å². The van der Waals surface area contributed by atoms with Gasteiger partial charge in [0.25, 0.3) is 0 Å². The molecule has 2 fully saturated rings. The monoisotopic (exact) mass is 525 g/mol. The van der Waals surface area contributed by atoms with Gasteiger partial charge in [-0.15, -0.1) is 0 Å². The van der Waals surface area contributed by atoms with Crippen LogP contribution in [-0.4, -0.2) is 40.2 Å². The van der Waals surface area contributed by atoms with Crippen LogP contribution in [0.1, 0.15) is 134 Å². The second-order valence-electron chi connectivity index (χ2n) is 13.6. The summed E-state index contributed by atoms with van der Waals surface area (Å²) in [6.45, 7) is 6.53. The topological polar surface area (TPSA) is 60.8 Å². The van der Waals surface area contributed by atoms with Crippen molar-refractivity contribution in [2.75, 3.05) is 7.05 Å². The van der Waals surface area contributed by atoms with E-state index in [1.54, 1.807) is 0 Å². The number of carbonyl (C=O) groups is 1. The molecule has 4 heteroatoms. The summed E-state index contributed by atoms with van der Waals surface area (Å²) in [6.07, 6.45) is 18.8. The highest BCUT2D eigenvalue weighted by molar-refractivity contribution is 5.76. The number of aromatic hydroxyl groups is 1. The lowest BCUT2D eigenvalue weighted by Gasteiger charge is -2.54. The van der Waals surface area contributed by atoms with E-state index in [0.29, 0.717) is 41.9 Å². The fraction of sp³-hybridized carbons (Fsp3) is 0.794. The minimum absolute atomic E-state index is 0.0923. The van der Waals surface area contributed by atoms with Gasteiger partial charge in [0, 0.05) is 19.5 Å². The molecular weight excluding hydrogens is 470 g/mol. The van der Waals surface area contributed by atoms with Gasteiger partial charge in [-0.05, 0) is 111 Å². The van der Waals surface area contributed by atoms with Crippen LogP contribution < -0.4 is 0 Å². The molecule has 0 radical (unpaired) electrons. The maximum atomic E-state index is 12.1. The molecule has 4 nitrogen and oxygen atoms in total. The van der Waals surface area contributed by atoms with Gasteiger partial charge >= 0.3 is 0 Å². The minimum Gasteiger partial charge on any atom is -0.508 e. The number of phenols is 1. The number of fused-ring (bicyclic) bond motifs is 5. The first kappa shape index (κ1) is 29.4. The number of aliphatic hydroxyl groups is 1. The number of aryl methyl sites for hydroxylation is 1. The van der Waals surface area contributed by atoms with Gasteiger partial charge < -0.3 is 15.1 Å². The summed E-state index contributed by atoms with van der Waals surface area (Å²) in [6, 6.07) is 6.43. The number of carbonyl (C=O) groups excluding carboxylic acids is 1. The fourth-order valence-corrected chi connectivity index (χ4v) is 8.51. The number of phenolic OH excluding ortho intramolecular Hbond substituents is 1. The van der Waals surface area contributed by atoms with Crippen LogP contribution in [0.25, 0.3) is 0 Å². The number of rotatable bonds is 13. The van der Waals surface area contributed by atoms with E-state index in [2.05, 4.69) is 26.8 Å². The van der Waals surface area contributed by atoms with Crippen molar-refractivity contribution in [1.82, 2.24) is 4.90 Å². The predicted octanol–water partition coefficient (Wildman–Crippen LogP) is 7.99. The molecule has 214 valence electrons. The molecule has 1 aromatic carbocycles. The van der Waals surface area contributed by atoms with Crippen molar-refractivity contribution < 1.29 is 15.0 Å². The molecule has 4 rings (SSSR count). The van der Waals surface area contributed by atoms with E-state index < -0.39 is 0 Å². The molecule has 0 aliphatic heterocycles. The van der Waals surface area contributed by atoms with Crippen molar-refractivity contribution >= 4 is 5.91 Å². The zero-order valence-electron chi connectivity index (χ0n) is 24.8. The van der Waals surface area contributed by atoms with Gasteiger partial charge in [-0.1, -0.05) is 64.4 Å². The van der Waals surface area contributed by atoms with Crippen molar-refractivity contribution in [3.63, 3.8) is 0 Å². The van der Waals surface area contributed by atoms with Gasteiger partial charge in [-0.2, -0.15) is 0 Å². The lowest BCUT2D eigenvalue weighted by molar-refractivity contribution is -0.131. The van der Waals surface area contributed by atoms with Crippen LogP contribution in [0.3, 0.4) is 0 Å². The fourth-order valence-electron chi connectivity index (χ4n) is 8.51. The normalized spacial score (nSPS) is 30.1. The third kappa shape index (κ3) is 6.60. The first-order valence-electron chi connectivity index (χ1n) is 16.0. The third-order valence-corrected chi connectivity index (χ3v) is 10.9. The summed E-state index contributed by atoms with van der Waals surface area (Å²) < 4.78 is 0. The number of amides is 1. The van der Waals surface area contributed by atoms with Crippen LogP contribution in [-0.2, 0) is 11.2 Å². The number of hydrogen-bond donors (Lipinski definition) is 2. The van der Waals surface area contributed by atoms with Gasteiger partial charge in [-0.25, -0.2) is 0 Å². The Balaban J connectivity index is 1.19. The first-order chi connectivity index (χ1) is 18.2. The predicted molar refractivity (Wildman–Crippen MR) is 156 cm³/mol. The van der Waals surface area contributed by atoms with Crippen LogP contribution in [0.15, 0.2) is 18.2 Å². The van der Waals surface area contributed by atoms with Crippen LogP contribution >= 0.6 is 0 Å². The molecule has 1 amide bonds. The van der Waals surface area contributed by atoms with Gasteiger partial charge in [0.05, 0.1) is 6.10 Å². The summed E-state index contributed by atoms with van der Waals surface area (Å²) in [4.78, 5) is 13.9. The lowest BCUT2D eigenvalue weighted by atomic mass is 9.51. The Bertz CT molecular complexity index is 913. The number of benzene rings is 1. The highest BCUT2D eigenvalue weighted by Gasteiger charge is 2.57. The van der Waals surface area contributed by atoms with Gasteiger partial charge in [-0.3, -0.25) is 4.79 Å². The van der Waals surface area contributed by atoms with Gasteiger partial charge in [0.2, 0.25) is 5.91 Å². The lowest BCUT2D eigenvalue weighted by Crippen LogP contribution is -2.47. The third-order valence-electron chi connectivity index (χ3n) is 10.9. The Kier molecular flexibility index (Phi) is 10.2. The first-order valence-corrected chi connectivity index (χ1v) is 16.0. The maximum absolute atomic E-state index is 12.1. The summed E-state index contributed by atoms with van der Waals surface area (Å²) >= 11 is 0. The standard InChI is InChI=1S/C34H55NO3/c1-24(2)35(4)32(38)15-13-11-9-7-5-6-8-10-12-14-26-23-34(3)30(20-21-31(34)37)29-18-16-25-22-27(36)17-19-28(25)33(26)29/h17,19,22,24,26,29-31,33,36-37H,5-16,18,20-21,23H2,1-4H3/t26-,29-,30-,31-,33+,34-/m0/s1. The summed E-state index contributed by atoms with van der Waals surface area (Å²) in [5, 5.41) is 21.1.